The van der Waals surface area contributed by atoms with E-state index in [0.717, 1.165) is 10.9 Å². The molecule has 1 atom stereocenters. The summed E-state index contributed by atoms with van der Waals surface area (Å²) in [6.07, 6.45) is 0.503. The molecule has 0 spiro atoms. The molecule has 2 amide bonds. The molecule has 2 aromatic rings. The van der Waals surface area contributed by atoms with Gasteiger partial charge in [-0.15, -0.1) is 11.3 Å². The number of anilines is 2. The number of aryl methyl sites for hydroxylation is 1. The number of carbonyl (C=O) groups is 4. The van der Waals surface area contributed by atoms with Gasteiger partial charge < -0.3 is 20.1 Å². The summed E-state index contributed by atoms with van der Waals surface area (Å²) in [5.74, 6) is -3.91. The number of thiophene rings is 1. The Kier molecular flexibility index (Phi) is 7.01. The quantitative estimate of drug-likeness (QED) is 0.629. The van der Waals surface area contributed by atoms with Crippen molar-refractivity contribution in [2.75, 3.05) is 23.8 Å². The standard InChI is InChI=1S/C21H21FN2O6S/c1-3-12-8-15(21(28)29-4-2)19(31-12)24-18(26)10-30-20(27)14-9-17(25)23-16-7-11(22)5-6-13(14)16/h5-8,14H,3-4,9-10H2,1-2H3,(H,23,25)(H,24,26). The van der Waals surface area contributed by atoms with Crippen LogP contribution in [0.25, 0.3) is 0 Å². The average Bonchev–Trinajstić information content (AvgIpc) is 3.14. The van der Waals surface area contributed by atoms with Gasteiger partial charge in [-0.25, -0.2) is 9.18 Å². The van der Waals surface area contributed by atoms with Crippen LogP contribution in [-0.4, -0.2) is 37.0 Å². The van der Waals surface area contributed by atoms with Gasteiger partial charge in [-0.1, -0.05) is 13.0 Å². The minimum Gasteiger partial charge on any atom is -0.462 e. The van der Waals surface area contributed by atoms with E-state index in [-0.39, 0.29) is 24.3 Å². The highest BCUT2D eigenvalue weighted by Gasteiger charge is 2.32. The lowest BCUT2D eigenvalue weighted by Crippen LogP contribution is -2.30. The second-order valence-electron chi connectivity index (χ2n) is 6.72. The first kappa shape index (κ1) is 22.4. The van der Waals surface area contributed by atoms with E-state index < -0.39 is 42.1 Å². The van der Waals surface area contributed by atoms with Gasteiger partial charge in [0.2, 0.25) is 5.91 Å². The Labute approximate surface area is 181 Å². The number of esters is 2. The zero-order valence-electron chi connectivity index (χ0n) is 17.0. The fourth-order valence-corrected chi connectivity index (χ4v) is 4.12. The van der Waals surface area contributed by atoms with Crippen molar-refractivity contribution in [1.29, 1.82) is 0 Å². The number of nitrogens with one attached hydrogen (secondary N) is 2. The molecule has 0 radical (unpaired) electrons. The van der Waals surface area contributed by atoms with Crippen LogP contribution in [0.3, 0.4) is 0 Å². The molecule has 164 valence electrons. The third kappa shape index (κ3) is 5.26. The topological polar surface area (TPSA) is 111 Å². The van der Waals surface area contributed by atoms with Crippen LogP contribution in [0.1, 0.15) is 47.0 Å². The molecule has 1 aliphatic heterocycles. The molecule has 2 N–H and O–H groups in total. The minimum atomic E-state index is -0.944. The Morgan fingerprint density at radius 1 is 1.23 bits per heavy atom. The number of ether oxygens (including phenoxy) is 2. The number of fused-ring (bicyclic) bond motifs is 1. The molecular formula is C21H21FN2O6S. The van der Waals surface area contributed by atoms with Gasteiger partial charge in [0.25, 0.3) is 5.91 Å². The number of amides is 2. The maximum atomic E-state index is 13.4. The Morgan fingerprint density at radius 3 is 2.71 bits per heavy atom. The van der Waals surface area contributed by atoms with E-state index in [0.29, 0.717) is 17.0 Å². The van der Waals surface area contributed by atoms with Crippen molar-refractivity contribution in [2.24, 2.45) is 0 Å². The summed E-state index contributed by atoms with van der Waals surface area (Å²) in [5, 5.41) is 5.39. The molecule has 0 fully saturated rings. The van der Waals surface area contributed by atoms with E-state index >= 15 is 0 Å². The van der Waals surface area contributed by atoms with E-state index in [1.54, 1.807) is 13.0 Å². The van der Waals surface area contributed by atoms with Crippen LogP contribution in [0.4, 0.5) is 15.1 Å². The molecule has 1 aromatic heterocycles. The molecule has 10 heteroatoms. The van der Waals surface area contributed by atoms with Crippen molar-refractivity contribution >= 4 is 45.8 Å². The fraction of sp³-hybridized carbons (Fsp3) is 0.333. The van der Waals surface area contributed by atoms with Crippen molar-refractivity contribution in [2.45, 2.75) is 32.6 Å². The van der Waals surface area contributed by atoms with Gasteiger partial charge in [0.1, 0.15) is 10.8 Å². The Morgan fingerprint density at radius 2 is 2.00 bits per heavy atom. The second kappa shape index (κ2) is 9.69. The summed E-state index contributed by atoms with van der Waals surface area (Å²) in [7, 11) is 0. The molecule has 1 aliphatic rings. The minimum absolute atomic E-state index is 0.170. The summed E-state index contributed by atoms with van der Waals surface area (Å²) < 4.78 is 23.5. The van der Waals surface area contributed by atoms with Crippen LogP contribution in [0.15, 0.2) is 24.3 Å². The molecule has 1 aromatic carbocycles. The third-order valence-corrected chi connectivity index (χ3v) is 5.76. The third-order valence-electron chi connectivity index (χ3n) is 4.56. The van der Waals surface area contributed by atoms with Gasteiger partial charge in [-0.3, -0.25) is 14.4 Å². The van der Waals surface area contributed by atoms with E-state index in [4.69, 9.17) is 9.47 Å². The lowest BCUT2D eigenvalue weighted by Gasteiger charge is -2.24. The normalized spacial score (nSPS) is 14.9. The molecule has 1 unspecified atom stereocenters. The lowest BCUT2D eigenvalue weighted by atomic mass is 9.90. The largest absolute Gasteiger partial charge is 0.462 e. The van der Waals surface area contributed by atoms with Crippen LogP contribution in [0.5, 0.6) is 0 Å². The van der Waals surface area contributed by atoms with Crippen molar-refractivity contribution in [3.05, 3.63) is 46.1 Å². The first-order valence-corrected chi connectivity index (χ1v) is 10.5. The number of halogens is 1. The van der Waals surface area contributed by atoms with Gasteiger partial charge in [0.15, 0.2) is 6.61 Å². The van der Waals surface area contributed by atoms with E-state index in [9.17, 15) is 23.6 Å². The van der Waals surface area contributed by atoms with Crippen molar-refractivity contribution in [3.8, 4) is 0 Å². The van der Waals surface area contributed by atoms with Crippen molar-refractivity contribution in [1.82, 2.24) is 0 Å². The molecule has 0 saturated heterocycles. The lowest BCUT2D eigenvalue weighted by molar-refractivity contribution is -0.149. The monoisotopic (exact) mass is 448 g/mol. The fourth-order valence-electron chi connectivity index (χ4n) is 3.12. The number of carbonyl (C=O) groups excluding carboxylic acids is 4. The van der Waals surface area contributed by atoms with Crippen LogP contribution < -0.4 is 10.6 Å². The molecular weight excluding hydrogens is 427 g/mol. The predicted molar refractivity (Wildman–Crippen MR) is 112 cm³/mol. The highest BCUT2D eigenvalue weighted by Crippen LogP contribution is 2.34. The molecule has 0 bridgehead atoms. The molecule has 0 saturated carbocycles. The molecule has 3 rings (SSSR count). The maximum absolute atomic E-state index is 13.4. The molecule has 8 nitrogen and oxygen atoms in total. The van der Waals surface area contributed by atoms with Gasteiger partial charge >= 0.3 is 11.9 Å². The first-order chi connectivity index (χ1) is 14.8. The van der Waals surface area contributed by atoms with Crippen molar-refractivity contribution < 1.29 is 33.0 Å². The van der Waals surface area contributed by atoms with Gasteiger partial charge in [-0.05, 0) is 37.1 Å². The number of hydrogen-bond donors (Lipinski definition) is 2. The Balaban J connectivity index is 1.66. The highest BCUT2D eigenvalue weighted by molar-refractivity contribution is 7.16. The second-order valence-corrected chi connectivity index (χ2v) is 7.86. The number of benzene rings is 1. The smallest absolute Gasteiger partial charge is 0.341 e. The van der Waals surface area contributed by atoms with Crippen LogP contribution >= 0.6 is 11.3 Å². The summed E-state index contributed by atoms with van der Waals surface area (Å²) in [4.78, 5) is 49.7. The van der Waals surface area contributed by atoms with E-state index in [1.807, 2.05) is 6.92 Å². The highest BCUT2D eigenvalue weighted by atomic mass is 32.1. The van der Waals surface area contributed by atoms with Crippen LogP contribution in [0.2, 0.25) is 0 Å². The average molecular weight is 448 g/mol. The molecule has 2 heterocycles. The zero-order chi connectivity index (χ0) is 22.5. The van der Waals surface area contributed by atoms with E-state index in [2.05, 4.69) is 10.6 Å². The Bertz CT molecular complexity index is 1030. The summed E-state index contributed by atoms with van der Waals surface area (Å²) in [5.41, 5.74) is 0.859. The summed E-state index contributed by atoms with van der Waals surface area (Å²) in [6.45, 7) is 3.19. The SMILES string of the molecule is CCOC(=O)c1cc(CC)sc1NC(=O)COC(=O)C1CC(=O)Nc2cc(F)ccc21. The summed E-state index contributed by atoms with van der Waals surface area (Å²) >= 11 is 1.23. The number of hydrogen-bond acceptors (Lipinski definition) is 7. The molecule has 0 aliphatic carbocycles. The zero-order valence-corrected chi connectivity index (χ0v) is 17.8. The summed E-state index contributed by atoms with van der Waals surface area (Å²) in [6, 6.07) is 5.36. The molecule has 31 heavy (non-hydrogen) atoms. The number of rotatable bonds is 7. The van der Waals surface area contributed by atoms with Crippen LogP contribution in [-0.2, 0) is 30.3 Å². The van der Waals surface area contributed by atoms with Crippen molar-refractivity contribution in [3.63, 3.8) is 0 Å². The Hall–Kier alpha value is -3.27. The maximum Gasteiger partial charge on any atom is 0.341 e. The van der Waals surface area contributed by atoms with Crippen LogP contribution in [0, 0.1) is 5.82 Å². The first-order valence-electron chi connectivity index (χ1n) is 9.68. The predicted octanol–water partition coefficient (Wildman–Crippen LogP) is 3.23. The van der Waals surface area contributed by atoms with Gasteiger partial charge in [0.05, 0.1) is 18.1 Å². The van der Waals surface area contributed by atoms with E-state index in [1.165, 1.54) is 23.5 Å². The van der Waals surface area contributed by atoms with Gasteiger partial charge in [0, 0.05) is 17.0 Å². The van der Waals surface area contributed by atoms with Gasteiger partial charge in [-0.2, -0.15) is 0 Å².